The monoisotopic (exact) mass is 420 g/mol. The molecule has 0 unspecified atom stereocenters. The summed E-state index contributed by atoms with van der Waals surface area (Å²) in [5.41, 5.74) is 3.99. The number of fused-ring (bicyclic) bond motifs is 1. The second-order valence-corrected chi connectivity index (χ2v) is 8.58. The van der Waals surface area contributed by atoms with E-state index in [4.69, 9.17) is 4.74 Å². The van der Waals surface area contributed by atoms with E-state index < -0.39 is 0 Å². The van der Waals surface area contributed by atoms with Crippen molar-refractivity contribution in [2.24, 2.45) is 0 Å². The molecule has 30 heavy (non-hydrogen) atoms. The molecule has 154 valence electrons. The number of ketones is 1. The number of thioether (sulfide) groups is 1. The third-order valence-electron chi connectivity index (χ3n) is 5.44. The third-order valence-corrected chi connectivity index (χ3v) is 6.41. The molecule has 3 aromatic rings. The molecule has 0 saturated heterocycles. The van der Waals surface area contributed by atoms with Crippen LogP contribution in [0, 0.1) is 0 Å². The van der Waals surface area contributed by atoms with Crippen molar-refractivity contribution in [3.63, 3.8) is 0 Å². The predicted octanol–water partition coefficient (Wildman–Crippen LogP) is 4.25. The summed E-state index contributed by atoms with van der Waals surface area (Å²) >= 11 is 1.37. The Bertz CT molecular complexity index is 1120. The molecule has 7 heteroatoms. The van der Waals surface area contributed by atoms with Crippen LogP contribution in [0.5, 0.6) is 5.75 Å². The van der Waals surface area contributed by atoms with Crippen LogP contribution in [0.25, 0.3) is 5.69 Å². The number of para-hydroxylation sites is 3. The number of ether oxygens (including phenoxy) is 1. The lowest BCUT2D eigenvalue weighted by molar-refractivity contribution is -0.112. The first-order valence-electron chi connectivity index (χ1n) is 9.68. The second-order valence-electron chi connectivity index (χ2n) is 7.64. The molecule has 0 atom stereocenters. The van der Waals surface area contributed by atoms with Crippen molar-refractivity contribution in [1.82, 2.24) is 14.8 Å². The molecular weight excluding hydrogens is 396 g/mol. The zero-order valence-corrected chi connectivity index (χ0v) is 18.3. The Labute approximate surface area is 180 Å². The Hall–Kier alpha value is -3.06. The van der Waals surface area contributed by atoms with Gasteiger partial charge in [0, 0.05) is 29.9 Å². The number of hydrogen-bond acceptors (Lipinski definition) is 6. The van der Waals surface area contributed by atoms with Crippen LogP contribution in [-0.4, -0.2) is 40.5 Å². The van der Waals surface area contributed by atoms with Crippen molar-refractivity contribution in [1.29, 1.82) is 0 Å². The van der Waals surface area contributed by atoms with Gasteiger partial charge in [-0.1, -0.05) is 55.9 Å². The minimum Gasteiger partial charge on any atom is -0.495 e. The Kier molecular flexibility index (Phi) is 5.39. The molecule has 0 amide bonds. The SMILES string of the molecule is COc1ccccc1-n1cnnc1SCC(=O)/C=C1\N(C)c2ccccc2C1(C)C. The number of likely N-dealkylation sites (N-methyl/N-ethyl adjacent to an activating group) is 1. The van der Waals surface area contributed by atoms with Crippen molar-refractivity contribution in [2.75, 3.05) is 24.8 Å². The molecule has 0 bridgehead atoms. The van der Waals surface area contributed by atoms with Gasteiger partial charge in [0.1, 0.15) is 12.1 Å². The van der Waals surface area contributed by atoms with Crippen LogP contribution < -0.4 is 9.64 Å². The number of carbonyl (C=O) groups excluding carboxylic acids is 1. The Balaban J connectivity index is 1.53. The van der Waals surface area contributed by atoms with Crippen LogP contribution in [0.15, 0.2) is 71.8 Å². The number of hydrogen-bond donors (Lipinski definition) is 0. The first-order chi connectivity index (χ1) is 14.4. The van der Waals surface area contributed by atoms with E-state index in [9.17, 15) is 4.79 Å². The van der Waals surface area contributed by atoms with Crippen molar-refractivity contribution >= 4 is 23.2 Å². The summed E-state index contributed by atoms with van der Waals surface area (Å²) in [7, 11) is 3.64. The minimum atomic E-state index is -0.219. The average molecular weight is 421 g/mol. The quantitative estimate of drug-likeness (QED) is 0.439. The molecule has 2 heterocycles. The molecule has 0 radical (unpaired) electrons. The molecule has 0 aliphatic carbocycles. The van der Waals surface area contributed by atoms with E-state index in [-0.39, 0.29) is 17.0 Å². The van der Waals surface area contributed by atoms with Gasteiger partial charge in [-0.25, -0.2) is 0 Å². The van der Waals surface area contributed by atoms with Crippen LogP contribution in [0.1, 0.15) is 19.4 Å². The van der Waals surface area contributed by atoms with Crippen molar-refractivity contribution in [3.05, 3.63) is 72.2 Å². The van der Waals surface area contributed by atoms with Gasteiger partial charge >= 0.3 is 0 Å². The van der Waals surface area contributed by atoms with E-state index in [2.05, 4.69) is 41.1 Å². The lowest BCUT2D eigenvalue weighted by Crippen LogP contribution is -2.24. The van der Waals surface area contributed by atoms with E-state index in [1.807, 2.05) is 48.0 Å². The summed E-state index contributed by atoms with van der Waals surface area (Å²) in [6.07, 6.45) is 3.39. The molecule has 6 nitrogen and oxygen atoms in total. The highest BCUT2D eigenvalue weighted by molar-refractivity contribution is 7.99. The highest BCUT2D eigenvalue weighted by Crippen LogP contribution is 2.46. The van der Waals surface area contributed by atoms with Crippen LogP contribution in [0.4, 0.5) is 5.69 Å². The Morgan fingerprint density at radius 2 is 1.83 bits per heavy atom. The fourth-order valence-electron chi connectivity index (χ4n) is 3.91. The maximum Gasteiger partial charge on any atom is 0.196 e. The summed E-state index contributed by atoms with van der Waals surface area (Å²) in [5.74, 6) is 1.04. The molecule has 1 aromatic heterocycles. The van der Waals surface area contributed by atoms with Crippen LogP contribution in [0.2, 0.25) is 0 Å². The highest BCUT2D eigenvalue weighted by atomic mass is 32.2. The van der Waals surface area contributed by atoms with Gasteiger partial charge in [0.2, 0.25) is 0 Å². The van der Waals surface area contributed by atoms with Crippen molar-refractivity contribution in [2.45, 2.75) is 24.4 Å². The predicted molar refractivity (Wildman–Crippen MR) is 120 cm³/mol. The van der Waals surface area contributed by atoms with Crippen LogP contribution >= 0.6 is 11.8 Å². The lowest BCUT2D eigenvalue weighted by Gasteiger charge is -2.23. The Morgan fingerprint density at radius 3 is 2.57 bits per heavy atom. The number of benzene rings is 2. The fourth-order valence-corrected chi connectivity index (χ4v) is 4.65. The van der Waals surface area contributed by atoms with Gasteiger partial charge in [0.05, 0.1) is 18.6 Å². The summed E-state index contributed by atoms with van der Waals surface area (Å²) in [5, 5.41) is 8.85. The van der Waals surface area contributed by atoms with E-state index in [0.717, 1.165) is 22.8 Å². The molecule has 0 saturated carbocycles. The van der Waals surface area contributed by atoms with Crippen LogP contribution in [-0.2, 0) is 10.2 Å². The van der Waals surface area contributed by atoms with E-state index in [1.165, 1.54) is 17.3 Å². The lowest BCUT2D eigenvalue weighted by atomic mass is 9.83. The smallest absolute Gasteiger partial charge is 0.196 e. The number of anilines is 1. The summed E-state index contributed by atoms with van der Waals surface area (Å²) in [6.45, 7) is 4.31. The number of rotatable bonds is 6. The van der Waals surface area contributed by atoms with Gasteiger partial charge < -0.3 is 9.64 Å². The Morgan fingerprint density at radius 1 is 1.13 bits per heavy atom. The summed E-state index contributed by atoms with van der Waals surface area (Å²) < 4.78 is 7.27. The maximum atomic E-state index is 12.8. The number of carbonyl (C=O) groups is 1. The zero-order valence-electron chi connectivity index (χ0n) is 17.5. The van der Waals surface area contributed by atoms with Crippen LogP contribution in [0.3, 0.4) is 0 Å². The van der Waals surface area contributed by atoms with Gasteiger partial charge in [0.15, 0.2) is 10.9 Å². The molecule has 4 rings (SSSR count). The summed E-state index contributed by atoms with van der Waals surface area (Å²) in [4.78, 5) is 14.9. The largest absolute Gasteiger partial charge is 0.495 e. The maximum absolute atomic E-state index is 12.8. The minimum absolute atomic E-state index is 0.0392. The number of nitrogens with zero attached hydrogens (tertiary/aromatic N) is 4. The average Bonchev–Trinajstić information content (AvgIpc) is 3.30. The zero-order chi connectivity index (χ0) is 21.3. The first-order valence-corrected chi connectivity index (χ1v) is 10.7. The molecule has 1 aliphatic rings. The third kappa shape index (κ3) is 3.50. The standard InChI is InChI=1S/C23H24N4O2S/c1-23(2)17-9-5-6-10-18(17)26(3)21(23)13-16(28)14-30-22-25-24-15-27(22)19-11-7-8-12-20(19)29-4/h5-13,15H,14H2,1-4H3/b21-13-. The van der Waals surface area contributed by atoms with E-state index >= 15 is 0 Å². The second kappa shape index (κ2) is 7.99. The van der Waals surface area contributed by atoms with E-state index in [0.29, 0.717) is 5.16 Å². The molecule has 2 aromatic carbocycles. The fraction of sp³-hybridized carbons (Fsp3) is 0.261. The van der Waals surface area contributed by atoms with Gasteiger partial charge in [-0.15, -0.1) is 10.2 Å². The first kappa shape index (κ1) is 20.2. The molecule has 0 N–H and O–H groups in total. The summed E-state index contributed by atoms with van der Waals surface area (Å²) in [6, 6.07) is 15.9. The normalized spacial score (nSPS) is 16.0. The van der Waals surface area contributed by atoms with Gasteiger partial charge in [-0.3, -0.25) is 9.36 Å². The molecular formula is C23H24N4O2S. The van der Waals surface area contributed by atoms with Gasteiger partial charge in [0.25, 0.3) is 0 Å². The topological polar surface area (TPSA) is 60.2 Å². The van der Waals surface area contributed by atoms with E-state index in [1.54, 1.807) is 19.5 Å². The number of methoxy groups -OCH3 is 1. The molecule has 1 aliphatic heterocycles. The molecule has 0 spiro atoms. The van der Waals surface area contributed by atoms with Crippen molar-refractivity contribution < 1.29 is 9.53 Å². The van der Waals surface area contributed by atoms with Gasteiger partial charge in [-0.2, -0.15) is 0 Å². The van der Waals surface area contributed by atoms with Gasteiger partial charge in [-0.05, 0) is 23.8 Å². The highest BCUT2D eigenvalue weighted by Gasteiger charge is 2.38. The van der Waals surface area contributed by atoms with Crippen molar-refractivity contribution in [3.8, 4) is 11.4 Å². The molecule has 0 fully saturated rings. The number of aromatic nitrogens is 3. The number of allylic oxidation sites excluding steroid dienone is 2.